The Hall–Kier alpha value is -1.66. The Bertz CT molecular complexity index is 950. The molecule has 0 saturated carbocycles. The predicted octanol–water partition coefficient (Wildman–Crippen LogP) is 2.41. The summed E-state index contributed by atoms with van der Waals surface area (Å²) in [5, 5.41) is 21.2. The summed E-state index contributed by atoms with van der Waals surface area (Å²) in [5.74, 6) is 0.625. The van der Waals surface area contributed by atoms with Crippen LogP contribution in [0.5, 0.6) is 0 Å². The van der Waals surface area contributed by atoms with E-state index in [9.17, 15) is 5.11 Å². The van der Waals surface area contributed by atoms with Crippen LogP contribution in [-0.2, 0) is 19.2 Å². The number of nitrogens with one attached hydrogen (secondary N) is 2. The summed E-state index contributed by atoms with van der Waals surface area (Å²) in [4.78, 5) is 9.14. The lowest BCUT2D eigenvalue weighted by Gasteiger charge is -2.23. The summed E-state index contributed by atoms with van der Waals surface area (Å²) in [7, 11) is 1.83. The first-order valence-electron chi connectivity index (χ1n) is 8.74. The van der Waals surface area contributed by atoms with Crippen LogP contribution in [0.15, 0.2) is 46.4 Å². The zero-order valence-electron chi connectivity index (χ0n) is 16.1. The van der Waals surface area contributed by atoms with Crippen LogP contribution in [0.3, 0.4) is 0 Å². The maximum Gasteiger partial charge on any atom is 0.191 e. The van der Waals surface area contributed by atoms with Gasteiger partial charge in [0.25, 0.3) is 0 Å². The minimum atomic E-state index is -1.06. The molecule has 152 valence electrons. The molecule has 0 saturated heterocycles. The third kappa shape index (κ3) is 5.67. The van der Waals surface area contributed by atoms with Gasteiger partial charge in [-0.3, -0.25) is 4.68 Å². The second-order valence-electron chi connectivity index (χ2n) is 6.57. The highest BCUT2D eigenvalue weighted by Gasteiger charge is 2.25. The van der Waals surface area contributed by atoms with Gasteiger partial charge in [-0.2, -0.15) is 5.10 Å². The number of aliphatic hydroxyl groups is 1. The van der Waals surface area contributed by atoms with Gasteiger partial charge in [-0.15, -0.1) is 24.0 Å². The Balaban J connectivity index is 0.00000280. The molecule has 3 rings (SSSR count). The van der Waals surface area contributed by atoms with E-state index < -0.39 is 5.60 Å². The number of aryl methyl sites for hydroxylation is 1. The number of pyridine rings is 1. The van der Waals surface area contributed by atoms with E-state index in [1.807, 2.05) is 42.9 Å². The van der Waals surface area contributed by atoms with E-state index in [2.05, 4.69) is 41.6 Å². The average molecular weight is 562 g/mol. The SMILES string of the molecule is CCNC(=NCc1cn2cc(Br)ccc2n1)NCC(C)(O)c1cnn(C)c1.I. The normalized spacial score (nSPS) is 13.8. The van der Waals surface area contributed by atoms with Crippen molar-refractivity contribution >= 4 is 51.5 Å². The number of imidazole rings is 1. The summed E-state index contributed by atoms with van der Waals surface area (Å²) in [6, 6.07) is 3.91. The van der Waals surface area contributed by atoms with Gasteiger partial charge in [0.05, 0.1) is 25.0 Å². The molecule has 3 aromatic rings. The molecule has 3 heterocycles. The molecule has 0 aliphatic heterocycles. The number of aromatic nitrogens is 4. The second kappa shape index (κ2) is 9.70. The van der Waals surface area contributed by atoms with Crippen LogP contribution in [0, 0.1) is 0 Å². The van der Waals surface area contributed by atoms with E-state index in [1.165, 1.54) is 0 Å². The molecule has 0 amide bonds. The number of fused-ring (bicyclic) bond motifs is 1. The smallest absolute Gasteiger partial charge is 0.191 e. The molecule has 3 aromatic heterocycles. The highest BCUT2D eigenvalue weighted by atomic mass is 127. The lowest BCUT2D eigenvalue weighted by atomic mass is 10.00. The van der Waals surface area contributed by atoms with E-state index in [4.69, 9.17) is 0 Å². The van der Waals surface area contributed by atoms with Crippen molar-refractivity contribution in [2.45, 2.75) is 26.0 Å². The van der Waals surface area contributed by atoms with Crippen molar-refractivity contribution < 1.29 is 5.11 Å². The molecule has 28 heavy (non-hydrogen) atoms. The number of guanidine groups is 1. The van der Waals surface area contributed by atoms with Crippen LogP contribution in [-0.4, -0.2) is 43.3 Å². The molecule has 3 N–H and O–H groups in total. The number of rotatable bonds is 6. The van der Waals surface area contributed by atoms with Crippen molar-refractivity contribution in [3.63, 3.8) is 0 Å². The van der Waals surface area contributed by atoms with Gasteiger partial charge in [0.1, 0.15) is 11.2 Å². The molecule has 8 nitrogen and oxygen atoms in total. The highest BCUT2D eigenvalue weighted by Crippen LogP contribution is 2.18. The fourth-order valence-electron chi connectivity index (χ4n) is 2.65. The van der Waals surface area contributed by atoms with E-state index >= 15 is 0 Å². The van der Waals surface area contributed by atoms with Gasteiger partial charge >= 0.3 is 0 Å². The van der Waals surface area contributed by atoms with E-state index in [1.54, 1.807) is 24.0 Å². The van der Waals surface area contributed by atoms with Crippen molar-refractivity contribution in [2.75, 3.05) is 13.1 Å². The summed E-state index contributed by atoms with van der Waals surface area (Å²) in [6.07, 6.45) is 7.39. The van der Waals surface area contributed by atoms with Crippen molar-refractivity contribution in [1.82, 2.24) is 29.8 Å². The lowest BCUT2D eigenvalue weighted by molar-refractivity contribution is 0.0616. The fraction of sp³-hybridized carbons (Fsp3) is 0.389. The third-order valence-electron chi connectivity index (χ3n) is 4.14. The molecule has 0 fully saturated rings. The first-order chi connectivity index (χ1) is 12.9. The number of aliphatic imine (C=N–C) groups is 1. The molecule has 0 spiro atoms. The minimum Gasteiger partial charge on any atom is -0.383 e. The number of hydrogen-bond acceptors (Lipinski definition) is 4. The maximum absolute atomic E-state index is 10.7. The van der Waals surface area contributed by atoms with Gasteiger partial charge in [-0.25, -0.2) is 9.98 Å². The zero-order valence-corrected chi connectivity index (χ0v) is 20.0. The summed E-state index contributed by atoms with van der Waals surface area (Å²) >= 11 is 3.46. The van der Waals surface area contributed by atoms with Crippen LogP contribution in [0.1, 0.15) is 25.1 Å². The first kappa shape index (κ1) is 22.6. The average Bonchev–Trinajstić information content (AvgIpc) is 3.23. The topological polar surface area (TPSA) is 91.8 Å². The molecule has 10 heteroatoms. The van der Waals surface area contributed by atoms with Crippen LogP contribution < -0.4 is 10.6 Å². The molecule has 0 aromatic carbocycles. The quantitative estimate of drug-likeness (QED) is 0.244. The van der Waals surface area contributed by atoms with Gasteiger partial charge in [0, 0.05) is 42.2 Å². The molecular weight excluding hydrogens is 537 g/mol. The van der Waals surface area contributed by atoms with Crippen molar-refractivity contribution in [2.24, 2.45) is 12.0 Å². The Morgan fingerprint density at radius 3 is 2.75 bits per heavy atom. The largest absolute Gasteiger partial charge is 0.383 e. The lowest BCUT2D eigenvalue weighted by Crippen LogP contribution is -2.44. The molecule has 0 aliphatic carbocycles. The van der Waals surface area contributed by atoms with Crippen molar-refractivity contribution in [3.05, 3.63) is 52.7 Å². The van der Waals surface area contributed by atoms with Crippen LogP contribution in [0.2, 0.25) is 0 Å². The van der Waals surface area contributed by atoms with Crippen LogP contribution in [0.25, 0.3) is 5.65 Å². The molecule has 0 aliphatic rings. The van der Waals surface area contributed by atoms with Crippen LogP contribution in [0.4, 0.5) is 0 Å². The van der Waals surface area contributed by atoms with Crippen molar-refractivity contribution in [1.29, 1.82) is 0 Å². The van der Waals surface area contributed by atoms with Crippen LogP contribution >= 0.6 is 39.9 Å². The van der Waals surface area contributed by atoms with E-state index in [-0.39, 0.29) is 24.0 Å². The Morgan fingerprint density at radius 2 is 2.07 bits per heavy atom. The molecule has 1 atom stereocenters. The molecule has 0 radical (unpaired) electrons. The van der Waals surface area contributed by atoms with E-state index in [0.29, 0.717) is 19.0 Å². The highest BCUT2D eigenvalue weighted by molar-refractivity contribution is 14.0. The van der Waals surface area contributed by atoms with Crippen molar-refractivity contribution in [3.8, 4) is 0 Å². The van der Waals surface area contributed by atoms with Gasteiger partial charge < -0.3 is 20.1 Å². The Kier molecular flexibility index (Phi) is 7.84. The monoisotopic (exact) mass is 561 g/mol. The third-order valence-corrected chi connectivity index (χ3v) is 4.60. The second-order valence-corrected chi connectivity index (χ2v) is 7.49. The molecule has 1 unspecified atom stereocenters. The number of nitrogens with zero attached hydrogens (tertiary/aromatic N) is 5. The molecular formula is C18H25BrIN7O. The zero-order chi connectivity index (χ0) is 19.4. The fourth-order valence-corrected chi connectivity index (χ4v) is 3.01. The van der Waals surface area contributed by atoms with Gasteiger partial charge in [-0.1, -0.05) is 0 Å². The maximum atomic E-state index is 10.7. The number of hydrogen-bond donors (Lipinski definition) is 3. The number of halogens is 2. The predicted molar refractivity (Wildman–Crippen MR) is 124 cm³/mol. The minimum absolute atomic E-state index is 0. The standard InChI is InChI=1S/C18H24BrN7O.HI/c1-4-20-17(22-12-18(2,27)13-7-23-25(3)9-13)21-8-15-11-26-10-14(19)5-6-16(26)24-15;/h5-7,9-11,27H,4,8,12H2,1-3H3,(H2,20,21,22);1H. The van der Waals surface area contributed by atoms with Gasteiger partial charge in [-0.05, 0) is 41.9 Å². The Labute approximate surface area is 189 Å². The van der Waals surface area contributed by atoms with E-state index in [0.717, 1.165) is 27.9 Å². The summed E-state index contributed by atoms with van der Waals surface area (Å²) in [5.41, 5.74) is 1.43. The summed E-state index contributed by atoms with van der Waals surface area (Å²) < 4.78 is 4.63. The van der Waals surface area contributed by atoms with Gasteiger partial charge in [0.15, 0.2) is 5.96 Å². The van der Waals surface area contributed by atoms with Gasteiger partial charge in [0.2, 0.25) is 0 Å². The first-order valence-corrected chi connectivity index (χ1v) is 9.53. The summed E-state index contributed by atoms with van der Waals surface area (Å²) in [6.45, 7) is 5.21. The Morgan fingerprint density at radius 1 is 1.29 bits per heavy atom. The molecule has 0 bridgehead atoms.